The number of hydrogen-bond acceptors (Lipinski definition) is 4. The van der Waals surface area contributed by atoms with E-state index in [1.54, 1.807) is 18.3 Å². The zero-order valence-corrected chi connectivity index (χ0v) is 19.1. The molecule has 3 heterocycles. The molecule has 0 radical (unpaired) electrons. The lowest BCUT2D eigenvalue weighted by atomic mass is 9.92. The number of nitrogens with zero attached hydrogens (tertiary/aromatic N) is 3. The van der Waals surface area contributed by atoms with E-state index in [-0.39, 0.29) is 5.91 Å². The number of amides is 1. The zero-order chi connectivity index (χ0) is 22.3. The number of anilines is 1. The van der Waals surface area contributed by atoms with Crippen molar-refractivity contribution in [3.63, 3.8) is 0 Å². The Kier molecular flexibility index (Phi) is 7.53. The molecule has 1 N–H and O–H groups in total. The molecule has 32 heavy (non-hydrogen) atoms. The highest BCUT2D eigenvalue weighted by molar-refractivity contribution is 6.30. The molecule has 0 bridgehead atoms. The summed E-state index contributed by atoms with van der Waals surface area (Å²) in [6.45, 7) is 2.88. The Balaban J connectivity index is 1.34. The topological polar surface area (TPSA) is 58.1 Å². The van der Waals surface area contributed by atoms with Gasteiger partial charge >= 0.3 is 0 Å². The lowest BCUT2D eigenvalue weighted by Gasteiger charge is -2.31. The number of carbonyl (C=O) groups is 1. The summed E-state index contributed by atoms with van der Waals surface area (Å²) in [4.78, 5) is 23.6. The molecule has 1 aromatic carbocycles. The molecule has 2 aromatic heterocycles. The Morgan fingerprint density at radius 2 is 1.84 bits per heavy atom. The minimum atomic E-state index is -0.215. The van der Waals surface area contributed by atoms with Crippen molar-refractivity contribution in [2.75, 3.05) is 25.0 Å². The van der Waals surface area contributed by atoms with Crippen LogP contribution in [-0.2, 0) is 0 Å². The molecule has 3 aromatic rings. The molecule has 1 amide bonds. The smallest absolute Gasteiger partial charge is 0.255 e. The van der Waals surface area contributed by atoms with E-state index in [1.165, 1.54) is 6.20 Å². The van der Waals surface area contributed by atoms with Gasteiger partial charge in [-0.2, -0.15) is 0 Å². The number of nitrogens with one attached hydrogen (secondary N) is 1. The fourth-order valence-corrected chi connectivity index (χ4v) is 4.19. The van der Waals surface area contributed by atoms with Gasteiger partial charge < -0.3 is 5.32 Å². The normalized spacial score (nSPS) is 15.2. The quantitative estimate of drug-likeness (QED) is 0.457. The van der Waals surface area contributed by atoms with E-state index in [9.17, 15) is 4.79 Å². The maximum absolute atomic E-state index is 12.7. The van der Waals surface area contributed by atoms with Gasteiger partial charge in [0.1, 0.15) is 5.15 Å². The summed E-state index contributed by atoms with van der Waals surface area (Å²) in [6.07, 6.45) is 9.62. The largest absolute Gasteiger partial charge is 0.320 e. The molecular weight excluding hydrogens is 443 g/mol. The van der Waals surface area contributed by atoms with Crippen molar-refractivity contribution in [3.05, 3.63) is 94.0 Å². The molecule has 1 aliphatic rings. The van der Waals surface area contributed by atoms with Crippen LogP contribution in [-0.4, -0.2) is 40.4 Å². The van der Waals surface area contributed by atoms with Crippen molar-refractivity contribution in [1.29, 1.82) is 0 Å². The van der Waals surface area contributed by atoms with E-state index >= 15 is 0 Å². The van der Waals surface area contributed by atoms with Crippen LogP contribution in [0.2, 0.25) is 10.2 Å². The van der Waals surface area contributed by atoms with E-state index in [1.807, 2.05) is 36.4 Å². The fraction of sp³-hybridized carbons (Fsp3) is 0.240. The number of benzene rings is 1. The lowest BCUT2D eigenvalue weighted by molar-refractivity contribution is 0.102. The number of halogens is 2. The number of piperidine rings is 1. The van der Waals surface area contributed by atoms with Gasteiger partial charge in [-0.05, 0) is 67.9 Å². The van der Waals surface area contributed by atoms with Gasteiger partial charge in [-0.1, -0.05) is 47.5 Å². The lowest BCUT2D eigenvalue weighted by Crippen LogP contribution is -2.33. The highest BCUT2D eigenvalue weighted by Crippen LogP contribution is 2.31. The molecule has 0 saturated carbocycles. The van der Waals surface area contributed by atoms with Crippen LogP contribution in [0.3, 0.4) is 0 Å². The van der Waals surface area contributed by atoms with Crippen LogP contribution < -0.4 is 5.32 Å². The molecule has 7 heteroatoms. The number of pyridine rings is 2. The molecule has 4 rings (SSSR count). The first-order valence-corrected chi connectivity index (χ1v) is 11.4. The number of hydrogen-bond donors (Lipinski definition) is 1. The second-order valence-corrected chi connectivity index (χ2v) is 8.61. The first kappa shape index (κ1) is 22.5. The van der Waals surface area contributed by atoms with Crippen molar-refractivity contribution < 1.29 is 4.79 Å². The first-order valence-electron chi connectivity index (χ1n) is 10.6. The van der Waals surface area contributed by atoms with Crippen LogP contribution in [0.15, 0.2) is 67.0 Å². The monoisotopic (exact) mass is 466 g/mol. The Morgan fingerprint density at radius 1 is 1.06 bits per heavy atom. The van der Waals surface area contributed by atoms with E-state index in [2.05, 4.69) is 32.3 Å². The van der Waals surface area contributed by atoms with Gasteiger partial charge in [0.15, 0.2) is 0 Å². The molecule has 1 aliphatic heterocycles. The Bertz CT molecular complexity index is 1090. The highest BCUT2D eigenvalue weighted by Gasteiger charge is 2.24. The average molecular weight is 467 g/mol. The minimum Gasteiger partial charge on any atom is -0.320 e. The van der Waals surface area contributed by atoms with Crippen molar-refractivity contribution in [1.82, 2.24) is 14.9 Å². The third-order valence-corrected chi connectivity index (χ3v) is 6.05. The summed E-state index contributed by atoms with van der Waals surface area (Å²) in [6, 6.07) is 14.8. The van der Waals surface area contributed by atoms with Crippen LogP contribution in [0, 0.1) is 0 Å². The number of aromatic nitrogens is 2. The second kappa shape index (κ2) is 10.7. The van der Waals surface area contributed by atoms with Gasteiger partial charge in [-0.15, -0.1) is 0 Å². The van der Waals surface area contributed by atoms with Crippen molar-refractivity contribution >= 4 is 40.9 Å². The van der Waals surface area contributed by atoms with E-state index in [0.717, 1.165) is 54.4 Å². The summed E-state index contributed by atoms with van der Waals surface area (Å²) < 4.78 is 0. The predicted octanol–water partition coefficient (Wildman–Crippen LogP) is 5.93. The molecule has 5 nitrogen and oxygen atoms in total. The fourth-order valence-electron chi connectivity index (χ4n) is 3.89. The summed E-state index contributed by atoms with van der Waals surface area (Å²) in [7, 11) is 0. The van der Waals surface area contributed by atoms with Crippen LogP contribution in [0.25, 0.3) is 6.08 Å². The van der Waals surface area contributed by atoms with Crippen LogP contribution in [0.4, 0.5) is 5.69 Å². The molecule has 164 valence electrons. The first-order chi connectivity index (χ1) is 15.6. The van der Waals surface area contributed by atoms with Crippen molar-refractivity contribution in [3.8, 4) is 0 Å². The molecular formula is C25H24Cl2N4O. The molecule has 0 aliphatic carbocycles. The van der Waals surface area contributed by atoms with E-state index in [4.69, 9.17) is 23.2 Å². The third-order valence-electron chi connectivity index (χ3n) is 5.59. The maximum Gasteiger partial charge on any atom is 0.255 e. The zero-order valence-electron chi connectivity index (χ0n) is 17.5. The summed E-state index contributed by atoms with van der Waals surface area (Å²) in [5, 5.41) is 4.04. The number of likely N-dealkylation sites (tertiary alicyclic amines) is 1. The molecule has 0 spiro atoms. The minimum absolute atomic E-state index is 0.215. The van der Waals surface area contributed by atoms with Gasteiger partial charge in [0, 0.05) is 35.4 Å². The Hall–Kier alpha value is -2.73. The van der Waals surface area contributed by atoms with Gasteiger partial charge in [0.05, 0.1) is 11.4 Å². The van der Waals surface area contributed by atoms with Crippen LogP contribution >= 0.6 is 23.2 Å². The van der Waals surface area contributed by atoms with Crippen LogP contribution in [0.5, 0.6) is 0 Å². The van der Waals surface area contributed by atoms with E-state index < -0.39 is 0 Å². The van der Waals surface area contributed by atoms with Gasteiger partial charge in [0.25, 0.3) is 5.91 Å². The summed E-state index contributed by atoms with van der Waals surface area (Å²) >= 11 is 11.9. The third kappa shape index (κ3) is 5.94. The Labute approximate surface area is 198 Å². The molecule has 0 unspecified atom stereocenters. The van der Waals surface area contributed by atoms with Crippen molar-refractivity contribution in [2.24, 2.45) is 0 Å². The van der Waals surface area contributed by atoms with Crippen molar-refractivity contribution in [2.45, 2.75) is 18.8 Å². The molecule has 0 atom stereocenters. The SMILES string of the molecule is O=C(Nc1cccnc1C1CCN(C/C=C/c2ccc(Cl)cc2)CC1)c1ccnc(Cl)c1. The molecule has 1 saturated heterocycles. The van der Waals surface area contributed by atoms with Gasteiger partial charge in [0.2, 0.25) is 0 Å². The number of carbonyl (C=O) groups excluding carboxylic acids is 1. The summed E-state index contributed by atoms with van der Waals surface area (Å²) in [5.41, 5.74) is 3.32. The van der Waals surface area contributed by atoms with E-state index in [0.29, 0.717) is 16.6 Å². The Morgan fingerprint density at radius 3 is 2.59 bits per heavy atom. The summed E-state index contributed by atoms with van der Waals surface area (Å²) in [5.74, 6) is 0.0948. The maximum atomic E-state index is 12.7. The molecule has 1 fully saturated rings. The second-order valence-electron chi connectivity index (χ2n) is 7.79. The van der Waals surface area contributed by atoms with Crippen LogP contribution in [0.1, 0.15) is 40.4 Å². The van der Waals surface area contributed by atoms with Gasteiger partial charge in [-0.3, -0.25) is 14.7 Å². The standard InChI is InChI=1S/C25H24Cl2N4O/c26-21-7-5-18(6-8-21)3-2-14-31-15-10-19(11-16-31)24-22(4-1-12-29-24)30-25(32)20-9-13-28-23(27)17-20/h1-9,12-13,17,19H,10-11,14-16H2,(H,30,32)/b3-2+. The van der Waals surface area contributed by atoms with Gasteiger partial charge in [-0.25, -0.2) is 4.98 Å². The highest BCUT2D eigenvalue weighted by atomic mass is 35.5. The predicted molar refractivity (Wildman–Crippen MR) is 130 cm³/mol. The number of rotatable bonds is 6. The average Bonchev–Trinajstić information content (AvgIpc) is 2.81.